The molecule has 0 bridgehead atoms. The molecule has 0 unspecified atom stereocenters. The van der Waals surface area contributed by atoms with Crippen LogP contribution in [0, 0.1) is 0 Å². The molecule has 2 nitrogen and oxygen atoms in total. The fourth-order valence-corrected chi connectivity index (χ4v) is 2.97. The largest absolute Gasteiger partial charge is 0.397 e. The molecule has 0 aliphatic carbocycles. The average Bonchev–Trinajstić information content (AvgIpc) is 2.58. The van der Waals surface area contributed by atoms with Gasteiger partial charge in [-0.05, 0) is 26.4 Å². The van der Waals surface area contributed by atoms with Crippen molar-refractivity contribution in [2.45, 2.75) is 124 Å². The molecule has 2 heteroatoms. The van der Waals surface area contributed by atoms with Gasteiger partial charge in [0.1, 0.15) is 0 Å². The van der Waals surface area contributed by atoms with E-state index >= 15 is 0 Å². The first-order chi connectivity index (χ1) is 11.8. The van der Waals surface area contributed by atoms with Gasteiger partial charge in [-0.25, -0.2) is 0 Å². The minimum absolute atomic E-state index is 0.250. The van der Waals surface area contributed by atoms with Gasteiger partial charge in [0, 0.05) is 6.61 Å². The van der Waals surface area contributed by atoms with E-state index in [4.69, 9.17) is 5.11 Å². The van der Waals surface area contributed by atoms with Crippen LogP contribution in [0.25, 0.3) is 0 Å². The van der Waals surface area contributed by atoms with Crippen molar-refractivity contribution < 1.29 is 5.11 Å². The lowest BCUT2D eigenvalue weighted by Crippen LogP contribution is -2.13. The van der Waals surface area contributed by atoms with Crippen molar-refractivity contribution in [1.29, 1.82) is 0 Å². The minimum atomic E-state index is 0.250. The van der Waals surface area contributed by atoms with E-state index in [1.807, 2.05) is 0 Å². The highest BCUT2D eigenvalue weighted by atomic mass is 16.2. The first kappa shape index (κ1) is 26.2. The van der Waals surface area contributed by atoms with Gasteiger partial charge in [0.05, 0.1) is 0 Å². The van der Waals surface area contributed by atoms with Gasteiger partial charge >= 0.3 is 0 Å². The number of aliphatic hydroxyl groups is 1. The van der Waals surface area contributed by atoms with E-state index in [0.717, 1.165) is 6.54 Å². The molecule has 0 aromatic carbocycles. The summed E-state index contributed by atoms with van der Waals surface area (Å²) in [7, 11) is 0. The molecule has 0 rings (SSSR count). The lowest BCUT2D eigenvalue weighted by molar-refractivity contribution is 0.318. The quantitative estimate of drug-likeness (QED) is 0.266. The summed E-state index contributed by atoms with van der Waals surface area (Å²) < 4.78 is 0. The number of hydrogen-bond acceptors (Lipinski definition) is 2. The molecule has 0 fully saturated rings. The maximum absolute atomic E-state index is 7.57. The predicted octanol–water partition coefficient (Wildman–Crippen LogP) is 6.86. The van der Waals surface area contributed by atoms with Crippen molar-refractivity contribution in [2.75, 3.05) is 19.7 Å². The van der Waals surface area contributed by atoms with Gasteiger partial charge in [-0.1, -0.05) is 110 Å². The molecule has 0 amide bonds. The summed E-state index contributed by atoms with van der Waals surface area (Å²) in [5.74, 6) is 0. The van der Waals surface area contributed by atoms with E-state index in [2.05, 4.69) is 19.2 Å². The molecule has 0 saturated heterocycles. The Morgan fingerprint density at radius 2 is 0.792 bits per heavy atom. The van der Waals surface area contributed by atoms with Gasteiger partial charge in [0.2, 0.25) is 0 Å². The second-order valence-electron chi connectivity index (χ2n) is 6.97. The Bertz CT molecular complexity index is 167. The SMILES string of the molecule is CCCCCCCCCCCCCCCCCCNCC.CCO. The topological polar surface area (TPSA) is 32.3 Å². The van der Waals surface area contributed by atoms with Crippen molar-refractivity contribution in [3.8, 4) is 0 Å². The maximum atomic E-state index is 7.57. The molecule has 0 aliphatic rings. The van der Waals surface area contributed by atoms with Gasteiger partial charge in [0.25, 0.3) is 0 Å². The van der Waals surface area contributed by atoms with Crippen LogP contribution in [-0.4, -0.2) is 24.8 Å². The highest BCUT2D eigenvalue weighted by Gasteiger charge is 1.94. The minimum Gasteiger partial charge on any atom is -0.397 e. The van der Waals surface area contributed by atoms with Crippen LogP contribution in [0.15, 0.2) is 0 Å². The molecular weight excluding hydrogens is 294 g/mol. The number of hydrogen-bond donors (Lipinski definition) is 2. The third-order valence-corrected chi connectivity index (χ3v) is 4.46. The number of unbranched alkanes of at least 4 members (excludes halogenated alkanes) is 15. The van der Waals surface area contributed by atoms with Crippen molar-refractivity contribution in [2.24, 2.45) is 0 Å². The molecule has 2 N–H and O–H groups in total. The molecule has 0 radical (unpaired) electrons. The fraction of sp³-hybridized carbons (Fsp3) is 1.00. The molecule has 0 aliphatic heterocycles. The zero-order chi connectivity index (χ0) is 18.1. The molecule has 0 spiro atoms. The number of rotatable bonds is 18. The smallest absolute Gasteiger partial charge is 0.0402 e. The average molecular weight is 344 g/mol. The van der Waals surface area contributed by atoms with Crippen molar-refractivity contribution in [1.82, 2.24) is 5.32 Å². The summed E-state index contributed by atoms with van der Waals surface area (Å²) in [6, 6.07) is 0. The number of nitrogens with one attached hydrogen (secondary N) is 1. The Morgan fingerprint density at radius 1 is 0.500 bits per heavy atom. The molecule has 0 aromatic heterocycles. The second kappa shape index (κ2) is 27.8. The molecule has 0 heterocycles. The van der Waals surface area contributed by atoms with Crippen LogP contribution in [0.2, 0.25) is 0 Å². The van der Waals surface area contributed by atoms with Gasteiger partial charge in [-0.15, -0.1) is 0 Å². The Kier molecular flexibility index (Phi) is 30.2. The standard InChI is InChI=1S/C20H43N.C2H6O/c1-3-5-6-7-8-9-10-11-12-13-14-15-16-17-18-19-20-21-4-2;1-2-3/h21H,3-20H2,1-2H3;3H,2H2,1H3. The van der Waals surface area contributed by atoms with Gasteiger partial charge in [-0.2, -0.15) is 0 Å². The van der Waals surface area contributed by atoms with E-state index in [1.165, 1.54) is 109 Å². The summed E-state index contributed by atoms with van der Waals surface area (Å²) in [5, 5.41) is 11.0. The summed E-state index contributed by atoms with van der Waals surface area (Å²) in [4.78, 5) is 0. The summed E-state index contributed by atoms with van der Waals surface area (Å²) in [6.07, 6.45) is 23.3. The summed E-state index contributed by atoms with van der Waals surface area (Å²) in [5.41, 5.74) is 0. The van der Waals surface area contributed by atoms with Crippen LogP contribution in [0.1, 0.15) is 124 Å². The van der Waals surface area contributed by atoms with E-state index < -0.39 is 0 Å². The molecular formula is C22H49NO. The Morgan fingerprint density at radius 3 is 1.08 bits per heavy atom. The van der Waals surface area contributed by atoms with Gasteiger partial charge in [0.15, 0.2) is 0 Å². The maximum Gasteiger partial charge on any atom is 0.0402 e. The van der Waals surface area contributed by atoms with Crippen LogP contribution in [0.3, 0.4) is 0 Å². The van der Waals surface area contributed by atoms with E-state index in [9.17, 15) is 0 Å². The molecule has 148 valence electrons. The Labute approximate surface area is 154 Å². The lowest BCUT2D eigenvalue weighted by Gasteiger charge is -2.04. The molecule has 24 heavy (non-hydrogen) atoms. The van der Waals surface area contributed by atoms with Crippen molar-refractivity contribution >= 4 is 0 Å². The Balaban J connectivity index is 0. The van der Waals surface area contributed by atoms with Crippen LogP contribution in [0.5, 0.6) is 0 Å². The zero-order valence-electron chi connectivity index (χ0n) is 17.4. The monoisotopic (exact) mass is 343 g/mol. The highest BCUT2D eigenvalue weighted by Crippen LogP contribution is 2.13. The first-order valence-electron chi connectivity index (χ1n) is 11.1. The normalized spacial score (nSPS) is 10.5. The van der Waals surface area contributed by atoms with E-state index in [0.29, 0.717) is 0 Å². The van der Waals surface area contributed by atoms with Crippen LogP contribution < -0.4 is 5.32 Å². The van der Waals surface area contributed by atoms with Crippen molar-refractivity contribution in [3.05, 3.63) is 0 Å². The third kappa shape index (κ3) is 29.9. The second-order valence-corrected chi connectivity index (χ2v) is 6.97. The van der Waals surface area contributed by atoms with Gasteiger partial charge < -0.3 is 10.4 Å². The van der Waals surface area contributed by atoms with Crippen molar-refractivity contribution in [3.63, 3.8) is 0 Å². The number of aliphatic hydroxyl groups excluding tert-OH is 1. The third-order valence-electron chi connectivity index (χ3n) is 4.46. The zero-order valence-corrected chi connectivity index (χ0v) is 17.4. The molecule has 0 saturated carbocycles. The van der Waals surface area contributed by atoms with Gasteiger partial charge in [-0.3, -0.25) is 0 Å². The first-order valence-corrected chi connectivity index (χ1v) is 11.1. The highest BCUT2D eigenvalue weighted by molar-refractivity contribution is 4.50. The van der Waals surface area contributed by atoms with Crippen LogP contribution in [-0.2, 0) is 0 Å². The fourth-order valence-electron chi connectivity index (χ4n) is 2.97. The van der Waals surface area contributed by atoms with E-state index in [1.54, 1.807) is 6.92 Å². The Hall–Kier alpha value is -0.0800. The van der Waals surface area contributed by atoms with Crippen LogP contribution in [0.4, 0.5) is 0 Å². The van der Waals surface area contributed by atoms with E-state index in [-0.39, 0.29) is 6.61 Å². The van der Waals surface area contributed by atoms with Crippen LogP contribution >= 0.6 is 0 Å². The molecule has 0 atom stereocenters. The molecule has 0 aromatic rings. The summed E-state index contributed by atoms with van der Waals surface area (Å²) >= 11 is 0. The lowest BCUT2D eigenvalue weighted by atomic mass is 10.0. The summed E-state index contributed by atoms with van der Waals surface area (Å²) in [6.45, 7) is 8.75. The predicted molar refractivity (Wildman–Crippen MR) is 111 cm³/mol.